The molecule has 4 aromatic heterocycles. The Labute approximate surface area is 186 Å². The lowest BCUT2D eigenvalue weighted by atomic mass is 10.1. The number of nitrogens with one attached hydrogen (secondary N) is 3. The van der Waals surface area contributed by atoms with Gasteiger partial charge in [-0.3, -0.25) is 10.1 Å². The predicted octanol–water partition coefficient (Wildman–Crippen LogP) is 5.18. The van der Waals surface area contributed by atoms with Gasteiger partial charge in [0.2, 0.25) is 0 Å². The summed E-state index contributed by atoms with van der Waals surface area (Å²) in [6.45, 7) is 16.9. The van der Waals surface area contributed by atoms with Crippen LogP contribution in [0.25, 0.3) is 44.7 Å². The van der Waals surface area contributed by atoms with Crippen molar-refractivity contribution >= 4 is 33.2 Å². The van der Waals surface area contributed by atoms with E-state index in [1.165, 1.54) is 0 Å². The minimum absolute atomic E-state index is 0.606. The fourth-order valence-corrected chi connectivity index (χ4v) is 3.54. The number of aromatic amines is 2. The van der Waals surface area contributed by atoms with E-state index in [0.717, 1.165) is 56.6 Å². The van der Waals surface area contributed by atoms with Crippen molar-refractivity contribution in [3.05, 3.63) is 85.5 Å². The van der Waals surface area contributed by atoms with Gasteiger partial charge in [-0.1, -0.05) is 38.0 Å². The molecule has 4 rings (SSSR count). The molecule has 0 unspecified atom stereocenters. The lowest BCUT2D eigenvalue weighted by Gasteiger charge is -2.06. The molecule has 0 saturated heterocycles. The van der Waals surface area contributed by atoms with Crippen molar-refractivity contribution in [1.82, 2.24) is 35.5 Å². The van der Waals surface area contributed by atoms with E-state index in [2.05, 4.69) is 50.2 Å². The zero-order valence-electron chi connectivity index (χ0n) is 18.2. The first-order chi connectivity index (χ1) is 15.5. The Morgan fingerprint density at radius 2 is 2.06 bits per heavy atom. The number of allylic oxidation sites excluding steroid dienone is 6. The maximum atomic E-state index is 4.83. The van der Waals surface area contributed by atoms with Crippen LogP contribution in [0.1, 0.15) is 25.0 Å². The number of hydrogen-bond donors (Lipinski definition) is 3. The number of rotatable bonds is 8. The number of hydrogen-bond acceptors (Lipinski definition) is 5. The van der Waals surface area contributed by atoms with E-state index < -0.39 is 0 Å². The molecule has 0 aliphatic rings. The van der Waals surface area contributed by atoms with E-state index in [9.17, 15) is 0 Å². The third-order valence-corrected chi connectivity index (χ3v) is 5.04. The molecular formula is C25H25N7. The zero-order valence-corrected chi connectivity index (χ0v) is 18.2. The Morgan fingerprint density at radius 3 is 2.81 bits per heavy atom. The number of aromatic nitrogens is 6. The summed E-state index contributed by atoms with van der Waals surface area (Å²) < 4.78 is 0. The van der Waals surface area contributed by atoms with E-state index in [1.807, 2.05) is 38.1 Å². The van der Waals surface area contributed by atoms with Crippen molar-refractivity contribution in [2.75, 3.05) is 6.54 Å². The van der Waals surface area contributed by atoms with Crippen molar-refractivity contribution in [3.63, 3.8) is 0 Å². The molecule has 0 saturated carbocycles. The van der Waals surface area contributed by atoms with Gasteiger partial charge in [0.1, 0.15) is 5.69 Å². The molecule has 3 N–H and O–H groups in total. The number of imidazole rings is 1. The molecular weight excluding hydrogens is 398 g/mol. The third kappa shape index (κ3) is 3.88. The van der Waals surface area contributed by atoms with Crippen LogP contribution in [0.4, 0.5) is 0 Å². The molecule has 160 valence electrons. The fraction of sp³-hybridized carbons (Fsp3) is 0.120. The topological polar surface area (TPSA) is 95.2 Å². The summed E-state index contributed by atoms with van der Waals surface area (Å²) in [5.41, 5.74) is 7.35. The van der Waals surface area contributed by atoms with Gasteiger partial charge in [0.25, 0.3) is 0 Å². The zero-order chi connectivity index (χ0) is 22.7. The molecule has 0 fully saturated rings. The maximum Gasteiger partial charge on any atom is 0.181 e. The highest BCUT2D eigenvalue weighted by Crippen LogP contribution is 2.30. The summed E-state index contributed by atoms with van der Waals surface area (Å²) in [7, 11) is 0. The smallest absolute Gasteiger partial charge is 0.181 e. The van der Waals surface area contributed by atoms with Crippen molar-refractivity contribution in [1.29, 1.82) is 0 Å². The van der Waals surface area contributed by atoms with E-state index in [0.29, 0.717) is 11.5 Å². The summed E-state index contributed by atoms with van der Waals surface area (Å²) >= 11 is 0. The molecule has 7 heteroatoms. The first kappa shape index (κ1) is 21.0. The second-order valence-electron chi connectivity index (χ2n) is 7.25. The lowest BCUT2D eigenvalue weighted by Crippen LogP contribution is -2.09. The van der Waals surface area contributed by atoms with Gasteiger partial charge in [0.15, 0.2) is 11.5 Å². The highest BCUT2D eigenvalue weighted by molar-refractivity contribution is 5.96. The van der Waals surface area contributed by atoms with Gasteiger partial charge in [-0.2, -0.15) is 5.10 Å². The molecule has 0 aliphatic carbocycles. The number of fused-ring (bicyclic) bond motifs is 2. The van der Waals surface area contributed by atoms with Crippen molar-refractivity contribution < 1.29 is 0 Å². The van der Waals surface area contributed by atoms with E-state index in [4.69, 9.17) is 4.98 Å². The first-order valence-electron chi connectivity index (χ1n) is 10.3. The van der Waals surface area contributed by atoms with Crippen molar-refractivity contribution in [2.24, 2.45) is 0 Å². The molecule has 4 heterocycles. The molecule has 0 aromatic carbocycles. The number of likely N-dealkylation sites (N-methyl/N-ethyl adjacent to an activating group) is 1. The van der Waals surface area contributed by atoms with Crippen LogP contribution < -0.4 is 5.32 Å². The summed E-state index contributed by atoms with van der Waals surface area (Å²) in [4.78, 5) is 17.0. The highest BCUT2D eigenvalue weighted by atomic mass is 15.2. The molecule has 7 nitrogen and oxygen atoms in total. The minimum atomic E-state index is 0.606. The SMILES string of the molecule is C=C/C(=C\C(=C)NCC)c1cnc2n[nH]c(-c3nc4c(C(=C)/C=C\C)cncc4[nH]3)c2c1. The predicted molar refractivity (Wildman–Crippen MR) is 132 cm³/mol. The van der Waals surface area contributed by atoms with Crippen molar-refractivity contribution in [2.45, 2.75) is 13.8 Å². The summed E-state index contributed by atoms with van der Waals surface area (Å²) in [6, 6.07) is 2.03. The molecule has 32 heavy (non-hydrogen) atoms. The van der Waals surface area contributed by atoms with Crippen molar-refractivity contribution in [3.8, 4) is 11.5 Å². The van der Waals surface area contributed by atoms with Gasteiger partial charge in [-0.25, -0.2) is 9.97 Å². The second-order valence-corrected chi connectivity index (χ2v) is 7.25. The number of nitrogens with zero attached hydrogens (tertiary/aromatic N) is 4. The Morgan fingerprint density at radius 1 is 1.22 bits per heavy atom. The third-order valence-electron chi connectivity index (χ3n) is 5.04. The lowest BCUT2D eigenvalue weighted by molar-refractivity contribution is 0.883. The number of H-pyrrole nitrogens is 2. The highest BCUT2D eigenvalue weighted by Gasteiger charge is 2.16. The quantitative estimate of drug-likeness (QED) is 0.340. The molecule has 0 bridgehead atoms. The van der Waals surface area contributed by atoms with Gasteiger partial charge in [-0.05, 0) is 37.1 Å². The van der Waals surface area contributed by atoms with Crippen LogP contribution in [-0.2, 0) is 0 Å². The van der Waals surface area contributed by atoms with Gasteiger partial charge in [-0.15, -0.1) is 0 Å². The normalized spacial score (nSPS) is 12.0. The standard InChI is InChI=1S/C25H25N7/c1-6-9-15(4)20-13-26-14-21-22(20)30-25(29-21)23-19-11-18(12-28-24(19)32-31-23)17(7-2)10-16(5)27-8-3/h6-7,9-14,27H,2,4-5,8H2,1,3H3,(H,29,30)(H,28,31,32)/b9-6-,17-10+. The summed E-state index contributed by atoms with van der Waals surface area (Å²) in [6.07, 6.45) is 12.9. The first-order valence-corrected chi connectivity index (χ1v) is 10.3. The van der Waals surface area contributed by atoms with Crippen LogP contribution in [0.15, 0.2) is 74.4 Å². The average molecular weight is 424 g/mol. The fourth-order valence-electron chi connectivity index (χ4n) is 3.54. The van der Waals surface area contributed by atoms with Crippen LogP contribution in [0.3, 0.4) is 0 Å². The Balaban J connectivity index is 1.82. The van der Waals surface area contributed by atoms with Crippen LogP contribution in [0.2, 0.25) is 0 Å². The summed E-state index contributed by atoms with van der Waals surface area (Å²) in [5, 5.41) is 11.5. The van der Waals surface area contributed by atoms with Gasteiger partial charge < -0.3 is 10.3 Å². The summed E-state index contributed by atoms with van der Waals surface area (Å²) in [5.74, 6) is 0.658. The van der Waals surface area contributed by atoms with E-state index in [-0.39, 0.29) is 0 Å². The Bertz CT molecular complexity index is 1400. The molecule has 0 aliphatic heterocycles. The van der Waals surface area contributed by atoms with Crippen LogP contribution >= 0.6 is 0 Å². The average Bonchev–Trinajstić information content (AvgIpc) is 3.41. The largest absolute Gasteiger partial charge is 0.386 e. The second kappa shape index (κ2) is 8.85. The molecule has 0 atom stereocenters. The maximum absolute atomic E-state index is 4.83. The van der Waals surface area contributed by atoms with Gasteiger partial charge >= 0.3 is 0 Å². The van der Waals surface area contributed by atoms with Crippen LogP contribution in [0.5, 0.6) is 0 Å². The van der Waals surface area contributed by atoms with Crippen LogP contribution in [-0.4, -0.2) is 36.7 Å². The van der Waals surface area contributed by atoms with Gasteiger partial charge in [0, 0.05) is 35.8 Å². The molecule has 4 aromatic rings. The minimum Gasteiger partial charge on any atom is -0.386 e. The molecule has 0 radical (unpaired) electrons. The monoisotopic (exact) mass is 423 g/mol. The van der Waals surface area contributed by atoms with Gasteiger partial charge in [0.05, 0.1) is 22.6 Å². The Hall–Kier alpha value is -4.26. The van der Waals surface area contributed by atoms with E-state index >= 15 is 0 Å². The number of pyridine rings is 2. The van der Waals surface area contributed by atoms with Crippen LogP contribution in [0, 0.1) is 0 Å². The molecule has 0 amide bonds. The Kier molecular flexibility index (Phi) is 5.81. The molecule has 0 spiro atoms. The van der Waals surface area contributed by atoms with E-state index in [1.54, 1.807) is 24.7 Å².